The summed E-state index contributed by atoms with van der Waals surface area (Å²) in [6, 6.07) is 17.5. The van der Waals surface area contributed by atoms with Gasteiger partial charge < -0.3 is 15.2 Å². The highest BCUT2D eigenvalue weighted by atomic mass is 35.5. The molecule has 1 aromatic heterocycles. The quantitative estimate of drug-likeness (QED) is 0.330. The van der Waals surface area contributed by atoms with E-state index >= 15 is 0 Å². The zero-order valence-corrected chi connectivity index (χ0v) is 20.4. The van der Waals surface area contributed by atoms with Crippen LogP contribution in [0.3, 0.4) is 0 Å². The van der Waals surface area contributed by atoms with Gasteiger partial charge in [0.05, 0.1) is 11.1 Å². The van der Waals surface area contributed by atoms with E-state index in [1.54, 1.807) is 24.3 Å². The summed E-state index contributed by atoms with van der Waals surface area (Å²) in [4.78, 5) is 17.1. The minimum absolute atomic E-state index is 0.00602. The number of hydrogen-bond donors (Lipinski definition) is 2. The second-order valence-electron chi connectivity index (χ2n) is 9.31. The Labute approximate surface area is 208 Å². The van der Waals surface area contributed by atoms with Gasteiger partial charge in [-0.05, 0) is 59.0 Å². The van der Waals surface area contributed by atoms with Crippen molar-refractivity contribution in [2.24, 2.45) is 0 Å². The molecule has 0 radical (unpaired) electrons. The van der Waals surface area contributed by atoms with Gasteiger partial charge in [-0.25, -0.2) is 4.39 Å². The molecule has 180 valence electrons. The standard InChI is InChI=1S/C28H26ClFN2O3/c1-28(2,3)18-9-11-20(12-10-18)35-16-24(33)32-25(17-6-4-7-19(30)14-17)22-15-23(29)21-8-5-13-31-26(21)27(22)34/h4-15,25,34H,16H2,1-3H3,(H,32,33). The van der Waals surface area contributed by atoms with Gasteiger partial charge in [-0.2, -0.15) is 0 Å². The normalized spacial score (nSPS) is 12.4. The molecule has 7 heteroatoms. The smallest absolute Gasteiger partial charge is 0.258 e. The summed E-state index contributed by atoms with van der Waals surface area (Å²) in [5.41, 5.74) is 2.19. The van der Waals surface area contributed by atoms with E-state index in [1.165, 1.54) is 24.4 Å². The van der Waals surface area contributed by atoms with Crippen molar-refractivity contribution in [3.63, 3.8) is 0 Å². The predicted molar refractivity (Wildman–Crippen MR) is 135 cm³/mol. The topological polar surface area (TPSA) is 71.5 Å². The first kappa shape index (κ1) is 24.5. The molecule has 0 aliphatic carbocycles. The lowest BCUT2D eigenvalue weighted by Crippen LogP contribution is -2.33. The Morgan fingerprint density at radius 1 is 1.11 bits per heavy atom. The summed E-state index contributed by atoms with van der Waals surface area (Å²) in [6.07, 6.45) is 1.54. The molecule has 1 heterocycles. The van der Waals surface area contributed by atoms with Crippen LogP contribution in [0.2, 0.25) is 5.02 Å². The molecule has 4 aromatic rings. The first-order valence-electron chi connectivity index (χ1n) is 11.2. The van der Waals surface area contributed by atoms with Crippen LogP contribution >= 0.6 is 11.6 Å². The van der Waals surface area contributed by atoms with Gasteiger partial charge in [0.15, 0.2) is 6.61 Å². The summed E-state index contributed by atoms with van der Waals surface area (Å²) in [7, 11) is 0. The van der Waals surface area contributed by atoms with Crippen LogP contribution in [0.5, 0.6) is 11.5 Å². The van der Waals surface area contributed by atoms with E-state index in [1.807, 2.05) is 24.3 Å². The number of aromatic nitrogens is 1. The fourth-order valence-electron chi connectivity index (χ4n) is 3.86. The number of ether oxygens (including phenoxy) is 1. The lowest BCUT2D eigenvalue weighted by molar-refractivity contribution is -0.123. The van der Waals surface area contributed by atoms with Crippen LogP contribution in [0.25, 0.3) is 10.9 Å². The summed E-state index contributed by atoms with van der Waals surface area (Å²) < 4.78 is 19.7. The number of fused-ring (bicyclic) bond motifs is 1. The number of halogens is 2. The second kappa shape index (κ2) is 9.92. The molecule has 1 amide bonds. The average molecular weight is 493 g/mol. The van der Waals surface area contributed by atoms with Crippen molar-refractivity contribution < 1.29 is 19.0 Å². The maximum absolute atomic E-state index is 14.1. The molecule has 5 nitrogen and oxygen atoms in total. The summed E-state index contributed by atoms with van der Waals surface area (Å²) in [5.74, 6) is -0.508. The maximum Gasteiger partial charge on any atom is 0.258 e. The van der Waals surface area contributed by atoms with Crippen LogP contribution in [0, 0.1) is 5.82 Å². The molecule has 0 fully saturated rings. The second-order valence-corrected chi connectivity index (χ2v) is 9.72. The lowest BCUT2D eigenvalue weighted by Gasteiger charge is -2.22. The molecule has 35 heavy (non-hydrogen) atoms. The molecular formula is C28H26ClFN2O3. The van der Waals surface area contributed by atoms with Gasteiger partial charge in [0, 0.05) is 17.1 Å². The maximum atomic E-state index is 14.1. The molecule has 2 N–H and O–H groups in total. The Morgan fingerprint density at radius 2 is 1.86 bits per heavy atom. The minimum Gasteiger partial charge on any atom is -0.505 e. The van der Waals surface area contributed by atoms with Crippen molar-refractivity contribution in [3.05, 3.63) is 100 Å². The number of phenols is 1. The number of nitrogens with zero attached hydrogens (tertiary/aromatic N) is 1. The number of benzene rings is 3. The van der Waals surface area contributed by atoms with E-state index in [-0.39, 0.29) is 17.8 Å². The van der Waals surface area contributed by atoms with E-state index in [9.17, 15) is 14.3 Å². The summed E-state index contributed by atoms with van der Waals surface area (Å²) in [5, 5.41) is 14.8. The van der Waals surface area contributed by atoms with Crippen LogP contribution in [0.4, 0.5) is 4.39 Å². The van der Waals surface area contributed by atoms with Gasteiger partial charge in [-0.1, -0.05) is 56.6 Å². The largest absolute Gasteiger partial charge is 0.505 e. The first-order valence-corrected chi connectivity index (χ1v) is 11.6. The molecule has 0 saturated carbocycles. The molecule has 0 saturated heterocycles. The van der Waals surface area contributed by atoms with E-state index in [2.05, 4.69) is 31.1 Å². The fraction of sp³-hybridized carbons (Fsp3) is 0.214. The van der Waals surface area contributed by atoms with E-state index in [0.29, 0.717) is 32.8 Å². The van der Waals surface area contributed by atoms with Crippen LogP contribution in [0.15, 0.2) is 72.9 Å². The van der Waals surface area contributed by atoms with E-state index in [4.69, 9.17) is 16.3 Å². The molecule has 1 atom stereocenters. The molecule has 0 spiro atoms. The Balaban J connectivity index is 1.61. The zero-order chi connectivity index (χ0) is 25.2. The Kier molecular flexibility index (Phi) is 6.94. The number of phenolic OH excluding ortho intramolecular Hbond substituents is 1. The van der Waals surface area contributed by atoms with Crippen molar-refractivity contribution in [1.29, 1.82) is 0 Å². The number of hydrogen-bond acceptors (Lipinski definition) is 4. The van der Waals surface area contributed by atoms with Gasteiger partial charge in [-0.15, -0.1) is 0 Å². The molecule has 4 rings (SSSR count). The van der Waals surface area contributed by atoms with Crippen molar-refractivity contribution in [2.75, 3.05) is 6.61 Å². The van der Waals surface area contributed by atoms with Crippen LogP contribution < -0.4 is 10.1 Å². The number of carbonyl (C=O) groups excluding carboxylic acids is 1. The Hall–Kier alpha value is -3.64. The molecular weight excluding hydrogens is 467 g/mol. The lowest BCUT2D eigenvalue weighted by atomic mass is 9.87. The number of aromatic hydroxyl groups is 1. The van der Waals surface area contributed by atoms with Gasteiger partial charge >= 0.3 is 0 Å². The van der Waals surface area contributed by atoms with Crippen LogP contribution in [-0.2, 0) is 10.2 Å². The monoisotopic (exact) mass is 492 g/mol. The van der Waals surface area contributed by atoms with Crippen molar-refractivity contribution in [1.82, 2.24) is 10.3 Å². The SMILES string of the molecule is CC(C)(C)c1ccc(OCC(=O)NC(c2cccc(F)c2)c2cc(Cl)c3cccnc3c2O)cc1. The zero-order valence-electron chi connectivity index (χ0n) is 19.7. The van der Waals surface area contributed by atoms with Crippen molar-refractivity contribution in [3.8, 4) is 11.5 Å². The predicted octanol–water partition coefficient (Wildman–Crippen LogP) is 6.32. The highest BCUT2D eigenvalue weighted by Gasteiger charge is 2.24. The highest BCUT2D eigenvalue weighted by molar-refractivity contribution is 6.35. The first-order chi connectivity index (χ1) is 16.6. The third-order valence-electron chi connectivity index (χ3n) is 5.73. The van der Waals surface area contributed by atoms with Crippen molar-refractivity contribution in [2.45, 2.75) is 32.2 Å². The molecule has 0 aliphatic rings. The summed E-state index contributed by atoms with van der Waals surface area (Å²) in [6.45, 7) is 6.09. The van der Waals surface area contributed by atoms with Gasteiger partial charge in [-0.3, -0.25) is 9.78 Å². The number of amides is 1. The Morgan fingerprint density at radius 3 is 2.54 bits per heavy atom. The van der Waals surface area contributed by atoms with Crippen molar-refractivity contribution >= 4 is 28.4 Å². The average Bonchev–Trinajstić information content (AvgIpc) is 2.83. The minimum atomic E-state index is -0.881. The third-order valence-corrected chi connectivity index (χ3v) is 6.05. The van der Waals surface area contributed by atoms with Gasteiger partial charge in [0.25, 0.3) is 5.91 Å². The Bertz CT molecular complexity index is 1370. The number of pyridine rings is 1. The van der Waals surface area contributed by atoms with Gasteiger partial charge in [0.2, 0.25) is 0 Å². The van der Waals surface area contributed by atoms with Crippen LogP contribution in [0.1, 0.15) is 43.5 Å². The number of rotatable bonds is 6. The fourth-order valence-corrected chi connectivity index (χ4v) is 4.13. The molecule has 3 aromatic carbocycles. The van der Waals surface area contributed by atoms with Gasteiger partial charge in [0.1, 0.15) is 22.8 Å². The summed E-state index contributed by atoms with van der Waals surface area (Å²) >= 11 is 6.46. The van der Waals surface area contributed by atoms with E-state index < -0.39 is 17.8 Å². The molecule has 1 unspecified atom stereocenters. The number of carbonyl (C=O) groups is 1. The molecule has 0 aliphatic heterocycles. The molecule has 0 bridgehead atoms. The highest BCUT2D eigenvalue weighted by Crippen LogP contribution is 2.38. The van der Waals surface area contributed by atoms with Crippen LogP contribution in [-0.4, -0.2) is 22.6 Å². The number of nitrogens with one attached hydrogen (secondary N) is 1. The van der Waals surface area contributed by atoms with E-state index in [0.717, 1.165) is 5.56 Å². The third kappa shape index (κ3) is 5.54.